The molecule has 0 fully saturated rings. The van der Waals surface area contributed by atoms with E-state index in [-0.39, 0.29) is 18.4 Å². The van der Waals surface area contributed by atoms with Crippen molar-refractivity contribution in [2.75, 3.05) is 34.0 Å². The van der Waals surface area contributed by atoms with E-state index in [9.17, 15) is 9.90 Å². The van der Waals surface area contributed by atoms with E-state index in [0.29, 0.717) is 37.1 Å². The normalized spacial score (nSPS) is 14.2. The Kier molecular flexibility index (Phi) is 11.4. The van der Waals surface area contributed by atoms with E-state index in [1.54, 1.807) is 14.2 Å². The van der Waals surface area contributed by atoms with Crippen LogP contribution in [0.3, 0.4) is 0 Å². The number of aromatic nitrogens is 1. The van der Waals surface area contributed by atoms with Crippen molar-refractivity contribution in [3.8, 4) is 11.5 Å². The van der Waals surface area contributed by atoms with Crippen molar-refractivity contribution in [1.82, 2.24) is 10.3 Å². The van der Waals surface area contributed by atoms with Crippen LogP contribution in [0.25, 0.3) is 10.9 Å². The molecule has 1 aromatic heterocycles. The molecule has 0 saturated heterocycles. The Morgan fingerprint density at radius 3 is 2.55 bits per heavy atom. The first kappa shape index (κ1) is 31.5. The van der Waals surface area contributed by atoms with Crippen LogP contribution in [0.1, 0.15) is 51.7 Å². The van der Waals surface area contributed by atoms with E-state index in [2.05, 4.69) is 24.1 Å². The first-order valence-corrected chi connectivity index (χ1v) is 14.2. The van der Waals surface area contributed by atoms with Crippen molar-refractivity contribution in [2.24, 2.45) is 17.6 Å². The summed E-state index contributed by atoms with van der Waals surface area (Å²) >= 11 is 0. The van der Waals surface area contributed by atoms with Crippen molar-refractivity contribution in [3.63, 3.8) is 0 Å². The second kappa shape index (κ2) is 14.5. The van der Waals surface area contributed by atoms with Crippen LogP contribution in [0.15, 0.2) is 48.7 Å². The van der Waals surface area contributed by atoms with Gasteiger partial charge < -0.3 is 35.4 Å². The number of carbonyl (C=O) groups excluding carboxylic acids is 1. The van der Waals surface area contributed by atoms with Crippen LogP contribution in [0, 0.1) is 11.8 Å². The number of aliphatic hydroxyl groups excluding tert-OH is 1. The predicted octanol–water partition coefficient (Wildman–Crippen LogP) is 4.58. The van der Waals surface area contributed by atoms with Crippen LogP contribution in [-0.4, -0.2) is 62.1 Å². The van der Waals surface area contributed by atoms with Crippen molar-refractivity contribution in [1.29, 1.82) is 0 Å². The van der Waals surface area contributed by atoms with E-state index < -0.39 is 17.6 Å². The third-order valence-corrected chi connectivity index (χ3v) is 7.79. The van der Waals surface area contributed by atoms with Gasteiger partial charge >= 0.3 is 0 Å². The molecule has 3 unspecified atom stereocenters. The van der Waals surface area contributed by atoms with Gasteiger partial charge in [0.05, 0.1) is 25.2 Å². The standard InChI is InChI=1S/C32H47N3O5/c1-21(2)23(16-22-12-13-29(39-6)30(17-22)40-15-9-14-38-5)18-26(33)28(36)20-35-31(37)32(3,4)25-19-34-27-11-8-7-10-24(25)27/h7-8,10-13,17,19,21,23,26,28,34,36H,9,14-16,18,20,33H2,1-6H3,(H,35,37). The number of nitrogens with two attached hydrogens (primary N) is 1. The van der Waals surface area contributed by atoms with Crippen LogP contribution in [0.5, 0.6) is 11.5 Å². The Balaban J connectivity index is 1.59. The number of benzene rings is 2. The highest BCUT2D eigenvalue weighted by molar-refractivity contribution is 5.94. The van der Waals surface area contributed by atoms with Gasteiger partial charge in [-0.25, -0.2) is 0 Å². The maximum Gasteiger partial charge on any atom is 0.230 e. The van der Waals surface area contributed by atoms with E-state index in [0.717, 1.165) is 34.9 Å². The van der Waals surface area contributed by atoms with Gasteiger partial charge in [0.1, 0.15) is 0 Å². The second-order valence-corrected chi connectivity index (χ2v) is 11.4. The van der Waals surface area contributed by atoms with Gasteiger partial charge in [0.2, 0.25) is 5.91 Å². The van der Waals surface area contributed by atoms with Crippen molar-refractivity contribution in [2.45, 2.75) is 64.5 Å². The zero-order valence-electron chi connectivity index (χ0n) is 24.8. The molecule has 0 spiro atoms. The van der Waals surface area contributed by atoms with Crippen LogP contribution in [-0.2, 0) is 21.4 Å². The molecule has 3 rings (SSSR count). The Bertz CT molecular complexity index is 1220. The van der Waals surface area contributed by atoms with Gasteiger partial charge in [-0.3, -0.25) is 4.79 Å². The Hall–Kier alpha value is -3.07. The molecule has 3 aromatic rings. The first-order valence-electron chi connectivity index (χ1n) is 14.2. The van der Waals surface area contributed by atoms with E-state index in [1.165, 1.54) is 0 Å². The van der Waals surface area contributed by atoms with Gasteiger partial charge in [-0.1, -0.05) is 38.1 Å². The molecule has 3 atom stereocenters. The fraction of sp³-hybridized carbons (Fsp3) is 0.531. The van der Waals surface area contributed by atoms with Crippen molar-refractivity contribution >= 4 is 16.8 Å². The van der Waals surface area contributed by atoms with Crippen molar-refractivity contribution in [3.05, 3.63) is 59.8 Å². The molecule has 220 valence electrons. The number of ether oxygens (including phenoxy) is 3. The smallest absolute Gasteiger partial charge is 0.230 e. The maximum absolute atomic E-state index is 13.2. The van der Waals surface area contributed by atoms with E-state index in [1.807, 2.05) is 62.5 Å². The number of nitrogens with one attached hydrogen (secondary N) is 2. The fourth-order valence-corrected chi connectivity index (χ4v) is 5.03. The Morgan fingerprint density at radius 2 is 1.85 bits per heavy atom. The molecule has 8 nitrogen and oxygen atoms in total. The highest BCUT2D eigenvalue weighted by atomic mass is 16.5. The second-order valence-electron chi connectivity index (χ2n) is 11.4. The molecular weight excluding hydrogens is 506 g/mol. The number of fused-ring (bicyclic) bond motifs is 1. The number of methoxy groups -OCH3 is 2. The van der Waals surface area contributed by atoms with Gasteiger partial charge in [0.15, 0.2) is 11.5 Å². The lowest BCUT2D eigenvalue weighted by atomic mass is 9.82. The summed E-state index contributed by atoms with van der Waals surface area (Å²) in [4.78, 5) is 16.4. The molecule has 0 saturated carbocycles. The molecule has 0 aliphatic heterocycles. The summed E-state index contributed by atoms with van der Waals surface area (Å²) in [7, 11) is 3.31. The van der Waals surface area contributed by atoms with E-state index >= 15 is 0 Å². The summed E-state index contributed by atoms with van der Waals surface area (Å²) in [5.74, 6) is 1.84. The predicted molar refractivity (Wildman–Crippen MR) is 160 cm³/mol. The summed E-state index contributed by atoms with van der Waals surface area (Å²) in [6.45, 7) is 9.40. The lowest BCUT2D eigenvalue weighted by Gasteiger charge is -2.29. The molecule has 1 heterocycles. The van der Waals surface area contributed by atoms with Crippen LogP contribution >= 0.6 is 0 Å². The highest BCUT2D eigenvalue weighted by Gasteiger charge is 2.33. The lowest BCUT2D eigenvalue weighted by molar-refractivity contribution is -0.126. The zero-order chi connectivity index (χ0) is 29.3. The number of carbonyl (C=O) groups is 1. The molecule has 8 heteroatoms. The van der Waals surface area contributed by atoms with Crippen LogP contribution < -0.4 is 20.5 Å². The molecule has 1 amide bonds. The minimum absolute atomic E-state index is 0.0958. The Morgan fingerprint density at radius 1 is 1.10 bits per heavy atom. The summed E-state index contributed by atoms with van der Waals surface area (Å²) in [5.41, 5.74) is 8.73. The zero-order valence-corrected chi connectivity index (χ0v) is 24.8. The summed E-state index contributed by atoms with van der Waals surface area (Å²) in [6.07, 6.45) is 3.22. The molecular formula is C32H47N3O5. The average Bonchev–Trinajstić information content (AvgIpc) is 3.38. The van der Waals surface area contributed by atoms with Crippen LogP contribution in [0.4, 0.5) is 0 Å². The van der Waals surface area contributed by atoms with Gasteiger partial charge in [0.25, 0.3) is 0 Å². The number of hydrogen-bond donors (Lipinski definition) is 4. The number of H-pyrrole nitrogens is 1. The number of rotatable bonds is 16. The summed E-state index contributed by atoms with van der Waals surface area (Å²) in [6, 6.07) is 13.4. The third kappa shape index (κ3) is 7.99. The van der Waals surface area contributed by atoms with Gasteiger partial charge in [-0.15, -0.1) is 0 Å². The molecule has 40 heavy (non-hydrogen) atoms. The fourth-order valence-electron chi connectivity index (χ4n) is 5.03. The molecule has 0 aliphatic carbocycles. The summed E-state index contributed by atoms with van der Waals surface area (Å²) in [5, 5.41) is 14.8. The first-order chi connectivity index (χ1) is 19.1. The molecule has 2 aromatic carbocycles. The number of aromatic amines is 1. The molecule has 0 bridgehead atoms. The minimum Gasteiger partial charge on any atom is -0.493 e. The molecule has 5 N–H and O–H groups in total. The highest BCUT2D eigenvalue weighted by Crippen LogP contribution is 2.32. The third-order valence-electron chi connectivity index (χ3n) is 7.79. The topological polar surface area (TPSA) is 119 Å². The maximum atomic E-state index is 13.2. The van der Waals surface area contributed by atoms with Crippen molar-refractivity contribution < 1.29 is 24.1 Å². The van der Waals surface area contributed by atoms with Gasteiger partial charge in [-0.2, -0.15) is 0 Å². The number of para-hydroxylation sites is 1. The Labute approximate surface area is 238 Å². The SMILES string of the molecule is COCCCOc1cc(CC(CC(N)C(O)CNC(=O)C(C)(C)c2c[nH]c3ccccc23)C(C)C)ccc1OC. The average molecular weight is 554 g/mol. The number of hydrogen-bond acceptors (Lipinski definition) is 6. The van der Waals surface area contributed by atoms with Gasteiger partial charge in [-0.05, 0) is 67.9 Å². The van der Waals surface area contributed by atoms with Crippen LogP contribution in [0.2, 0.25) is 0 Å². The number of amides is 1. The quantitative estimate of drug-likeness (QED) is 0.193. The lowest BCUT2D eigenvalue weighted by Crippen LogP contribution is -2.48. The number of aliphatic hydroxyl groups is 1. The summed E-state index contributed by atoms with van der Waals surface area (Å²) < 4.78 is 16.5. The minimum atomic E-state index is -0.862. The van der Waals surface area contributed by atoms with E-state index in [4.69, 9.17) is 19.9 Å². The van der Waals surface area contributed by atoms with Gasteiger partial charge in [0, 0.05) is 49.8 Å². The largest absolute Gasteiger partial charge is 0.493 e. The molecule has 0 aliphatic rings. The monoisotopic (exact) mass is 553 g/mol. The molecule has 0 radical (unpaired) electrons.